The van der Waals surface area contributed by atoms with E-state index < -0.39 is 34.7 Å². The number of fused-ring (bicyclic) bond motifs is 1. The summed E-state index contributed by atoms with van der Waals surface area (Å²) in [6.45, 7) is 5.50. The molecule has 0 amide bonds. The fraction of sp³-hybridized carbons (Fsp3) is 0.375. The van der Waals surface area contributed by atoms with Crippen LogP contribution in [0.1, 0.15) is 42.3 Å². The minimum absolute atomic E-state index is 0.0389. The molecule has 0 unspecified atom stereocenters. The second-order valence-electron chi connectivity index (χ2n) is 8.41. The molecule has 0 aliphatic carbocycles. The SMILES string of the molecule is CCOC(=O)c1c(O)c2ncc(Cc3ccc(F)cc3)c(Br)c2n(C[C@H]2COC(C)(C)O2)c1=O. The summed E-state index contributed by atoms with van der Waals surface area (Å²) < 4.78 is 31.7. The van der Waals surface area contributed by atoms with Gasteiger partial charge in [-0.05, 0) is 60.0 Å². The number of aromatic hydroxyl groups is 1. The van der Waals surface area contributed by atoms with Crippen LogP contribution in [0.5, 0.6) is 5.75 Å². The molecule has 180 valence electrons. The van der Waals surface area contributed by atoms with Crippen molar-refractivity contribution in [2.45, 2.75) is 45.6 Å². The molecular formula is C24H24BrFN2O6. The maximum Gasteiger partial charge on any atom is 0.347 e. The molecule has 10 heteroatoms. The predicted octanol–water partition coefficient (Wildman–Crippen LogP) is 3.92. The number of nitrogens with zero attached hydrogens (tertiary/aromatic N) is 2. The number of ether oxygens (including phenoxy) is 3. The quantitative estimate of drug-likeness (QED) is 0.478. The highest BCUT2D eigenvalue weighted by atomic mass is 79.9. The molecule has 1 aliphatic heterocycles. The van der Waals surface area contributed by atoms with Crippen molar-refractivity contribution in [1.82, 2.24) is 9.55 Å². The molecular weight excluding hydrogens is 511 g/mol. The monoisotopic (exact) mass is 534 g/mol. The summed E-state index contributed by atoms with van der Waals surface area (Å²) >= 11 is 3.56. The molecule has 1 saturated heterocycles. The van der Waals surface area contributed by atoms with Crippen LogP contribution >= 0.6 is 15.9 Å². The van der Waals surface area contributed by atoms with E-state index in [2.05, 4.69) is 20.9 Å². The molecule has 0 bridgehead atoms. The molecule has 1 N–H and O–H groups in total. The Bertz CT molecular complexity index is 1310. The van der Waals surface area contributed by atoms with Crippen LogP contribution in [0.25, 0.3) is 11.0 Å². The summed E-state index contributed by atoms with van der Waals surface area (Å²) in [7, 11) is 0. The van der Waals surface area contributed by atoms with E-state index in [9.17, 15) is 19.1 Å². The van der Waals surface area contributed by atoms with Crippen molar-refractivity contribution in [1.29, 1.82) is 0 Å². The molecule has 1 atom stereocenters. The van der Waals surface area contributed by atoms with E-state index in [4.69, 9.17) is 14.2 Å². The summed E-state index contributed by atoms with van der Waals surface area (Å²) in [5.74, 6) is -2.63. The molecule has 1 fully saturated rings. The van der Waals surface area contributed by atoms with Gasteiger partial charge in [0.05, 0.1) is 25.3 Å². The van der Waals surface area contributed by atoms with E-state index in [1.807, 2.05) is 0 Å². The van der Waals surface area contributed by atoms with Crippen LogP contribution in [0.15, 0.2) is 39.7 Å². The summed E-state index contributed by atoms with van der Waals surface area (Å²) in [6.07, 6.45) is 1.47. The average Bonchev–Trinajstić information content (AvgIpc) is 3.13. The number of carbonyl (C=O) groups is 1. The van der Waals surface area contributed by atoms with E-state index in [1.165, 1.54) is 22.9 Å². The first kappa shape index (κ1) is 24.3. The largest absolute Gasteiger partial charge is 0.505 e. The Labute approximate surface area is 203 Å². The molecule has 3 aromatic rings. The van der Waals surface area contributed by atoms with Crippen LogP contribution < -0.4 is 5.56 Å². The average molecular weight is 535 g/mol. The van der Waals surface area contributed by atoms with Crippen LogP contribution in [0.4, 0.5) is 4.39 Å². The number of aromatic nitrogens is 2. The fourth-order valence-corrected chi connectivity index (χ4v) is 4.60. The standard InChI is InChI=1S/C24H24BrFN2O6/c1-4-32-23(31)17-21(29)19-20(28(22(17)30)11-16-12-33-24(2,3)34-16)18(25)14(10-27-19)9-13-5-7-15(26)8-6-13/h5-8,10,16,29H,4,9,11-12H2,1-3H3/t16-/m0/s1. The zero-order valence-electron chi connectivity index (χ0n) is 18.9. The van der Waals surface area contributed by atoms with Gasteiger partial charge in [-0.1, -0.05) is 12.1 Å². The van der Waals surface area contributed by atoms with E-state index in [-0.39, 0.29) is 31.1 Å². The van der Waals surface area contributed by atoms with Crippen molar-refractivity contribution < 1.29 is 28.5 Å². The van der Waals surface area contributed by atoms with Gasteiger partial charge in [-0.2, -0.15) is 0 Å². The minimum Gasteiger partial charge on any atom is -0.505 e. The second kappa shape index (κ2) is 9.44. The number of hydrogen-bond acceptors (Lipinski definition) is 7. The minimum atomic E-state index is -0.933. The topological polar surface area (TPSA) is 99.9 Å². The zero-order chi connectivity index (χ0) is 24.6. The van der Waals surface area contributed by atoms with Crippen molar-refractivity contribution in [3.63, 3.8) is 0 Å². The third kappa shape index (κ3) is 4.70. The lowest BCUT2D eigenvalue weighted by Gasteiger charge is -2.20. The Kier molecular flexibility index (Phi) is 6.75. The lowest BCUT2D eigenvalue weighted by atomic mass is 10.1. The normalized spacial score (nSPS) is 17.3. The maximum absolute atomic E-state index is 13.4. The van der Waals surface area contributed by atoms with Crippen molar-refractivity contribution in [2.75, 3.05) is 13.2 Å². The van der Waals surface area contributed by atoms with Crippen LogP contribution in [-0.4, -0.2) is 45.7 Å². The van der Waals surface area contributed by atoms with Crippen LogP contribution in [-0.2, 0) is 27.2 Å². The van der Waals surface area contributed by atoms with Crippen LogP contribution in [0.2, 0.25) is 0 Å². The number of halogens is 2. The highest BCUT2D eigenvalue weighted by Crippen LogP contribution is 2.34. The number of rotatable bonds is 6. The highest BCUT2D eigenvalue weighted by molar-refractivity contribution is 9.10. The third-order valence-electron chi connectivity index (χ3n) is 5.49. The first-order valence-electron chi connectivity index (χ1n) is 10.8. The van der Waals surface area contributed by atoms with E-state index >= 15 is 0 Å². The van der Waals surface area contributed by atoms with Crippen molar-refractivity contribution in [3.8, 4) is 5.75 Å². The van der Waals surface area contributed by atoms with Crippen molar-refractivity contribution in [3.05, 3.63) is 67.8 Å². The molecule has 4 rings (SSSR count). The van der Waals surface area contributed by atoms with Gasteiger partial charge < -0.3 is 23.9 Å². The summed E-state index contributed by atoms with van der Waals surface area (Å²) in [4.78, 5) is 30.3. The smallest absolute Gasteiger partial charge is 0.347 e. The Morgan fingerprint density at radius 3 is 2.68 bits per heavy atom. The Morgan fingerprint density at radius 1 is 1.35 bits per heavy atom. The van der Waals surface area contributed by atoms with Crippen LogP contribution in [0.3, 0.4) is 0 Å². The van der Waals surface area contributed by atoms with Gasteiger partial charge in [0, 0.05) is 17.1 Å². The van der Waals surface area contributed by atoms with Gasteiger partial charge in [-0.3, -0.25) is 9.78 Å². The Balaban J connectivity index is 1.88. The number of hydrogen-bond donors (Lipinski definition) is 1. The molecule has 3 heterocycles. The highest BCUT2D eigenvalue weighted by Gasteiger charge is 2.34. The fourth-order valence-electron chi connectivity index (χ4n) is 3.96. The van der Waals surface area contributed by atoms with E-state index in [0.29, 0.717) is 22.0 Å². The molecule has 2 aromatic heterocycles. The molecule has 8 nitrogen and oxygen atoms in total. The summed E-state index contributed by atoms with van der Waals surface area (Å²) in [6, 6.07) is 6.05. The maximum atomic E-state index is 13.4. The molecule has 0 spiro atoms. The summed E-state index contributed by atoms with van der Waals surface area (Å²) in [5.41, 5.74) is 0.702. The third-order valence-corrected chi connectivity index (χ3v) is 6.38. The van der Waals surface area contributed by atoms with Gasteiger partial charge >= 0.3 is 5.97 Å². The van der Waals surface area contributed by atoms with Crippen molar-refractivity contribution in [2.24, 2.45) is 0 Å². The molecule has 34 heavy (non-hydrogen) atoms. The van der Waals surface area contributed by atoms with Gasteiger partial charge in [-0.25, -0.2) is 9.18 Å². The van der Waals surface area contributed by atoms with Gasteiger partial charge in [0.1, 0.15) is 17.4 Å². The van der Waals surface area contributed by atoms with Crippen molar-refractivity contribution >= 4 is 32.9 Å². The van der Waals surface area contributed by atoms with Crippen LogP contribution in [0, 0.1) is 5.82 Å². The number of carbonyl (C=O) groups excluding carboxylic acids is 1. The lowest BCUT2D eigenvalue weighted by Crippen LogP contribution is -2.33. The first-order chi connectivity index (χ1) is 16.1. The van der Waals surface area contributed by atoms with Gasteiger partial charge in [0.2, 0.25) is 0 Å². The summed E-state index contributed by atoms with van der Waals surface area (Å²) in [5, 5.41) is 10.8. The number of esters is 1. The van der Waals surface area contributed by atoms with E-state index in [0.717, 1.165) is 5.56 Å². The number of benzene rings is 1. The first-order valence-corrected chi connectivity index (χ1v) is 11.6. The van der Waals surface area contributed by atoms with Gasteiger partial charge in [0.25, 0.3) is 5.56 Å². The second-order valence-corrected chi connectivity index (χ2v) is 9.20. The molecule has 0 radical (unpaired) electrons. The number of pyridine rings is 2. The van der Waals surface area contributed by atoms with Gasteiger partial charge in [-0.15, -0.1) is 0 Å². The Morgan fingerprint density at radius 2 is 2.06 bits per heavy atom. The predicted molar refractivity (Wildman–Crippen MR) is 125 cm³/mol. The molecule has 1 aromatic carbocycles. The van der Waals surface area contributed by atoms with Gasteiger partial charge in [0.15, 0.2) is 17.1 Å². The lowest BCUT2D eigenvalue weighted by molar-refractivity contribution is -0.139. The molecule has 0 saturated carbocycles. The zero-order valence-corrected chi connectivity index (χ0v) is 20.5. The van der Waals surface area contributed by atoms with E-state index in [1.54, 1.807) is 32.9 Å². The molecule has 1 aliphatic rings. The Hall–Kier alpha value is -2.82.